The first kappa shape index (κ1) is 16.1. The van der Waals surface area contributed by atoms with E-state index in [1.54, 1.807) is 11.3 Å². The van der Waals surface area contributed by atoms with Crippen LogP contribution in [-0.2, 0) is 0 Å². The number of rotatable bonds is 3. The molecule has 0 spiro atoms. The molecule has 1 unspecified atom stereocenters. The molecule has 1 aliphatic rings. The van der Waals surface area contributed by atoms with Gasteiger partial charge in [0, 0.05) is 23.1 Å². The summed E-state index contributed by atoms with van der Waals surface area (Å²) in [7, 11) is 0. The van der Waals surface area contributed by atoms with Crippen LogP contribution >= 0.6 is 11.3 Å². The number of benzene rings is 1. The number of aryl methyl sites for hydroxylation is 1. The van der Waals surface area contributed by atoms with Crippen molar-refractivity contribution in [2.75, 3.05) is 13.2 Å². The third kappa shape index (κ3) is 3.62. The minimum atomic E-state index is -0.0501. The van der Waals surface area contributed by atoms with E-state index in [1.807, 2.05) is 41.5 Å². The van der Waals surface area contributed by atoms with E-state index in [2.05, 4.69) is 4.98 Å². The second-order valence-corrected chi connectivity index (χ2v) is 7.08. The smallest absolute Gasteiger partial charge is 0.254 e. The fraction of sp³-hybridized carbons (Fsp3) is 0.444. The van der Waals surface area contributed by atoms with Gasteiger partial charge in [0.2, 0.25) is 0 Å². The highest BCUT2D eigenvalue weighted by molar-refractivity contribution is 7.09. The predicted molar refractivity (Wildman–Crippen MR) is 92.7 cm³/mol. The van der Waals surface area contributed by atoms with E-state index < -0.39 is 0 Å². The molecule has 5 heteroatoms. The number of likely N-dealkylation sites (tertiary alicyclic amines) is 1. The van der Waals surface area contributed by atoms with E-state index >= 15 is 0 Å². The van der Waals surface area contributed by atoms with Gasteiger partial charge in [-0.3, -0.25) is 4.79 Å². The predicted octanol–water partition coefficient (Wildman–Crippen LogP) is 3.50. The van der Waals surface area contributed by atoms with Gasteiger partial charge >= 0.3 is 0 Å². The average Bonchev–Trinajstić information content (AvgIpc) is 2.87. The minimum absolute atomic E-state index is 0.0203. The van der Waals surface area contributed by atoms with E-state index in [1.165, 1.54) is 0 Å². The summed E-state index contributed by atoms with van der Waals surface area (Å²) in [6.07, 6.45) is 4.11. The first-order chi connectivity index (χ1) is 11.2. The van der Waals surface area contributed by atoms with Crippen molar-refractivity contribution in [3.8, 4) is 11.3 Å². The summed E-state index contributed by atoms with van der Waals surface area (Å²) in [5.74, 6) is 0.0203. The van der Waals surface area contributed by atoms with Gasteiger partial charge in [-0.05, 0) is 31.9 Å². The fourth-order valence-electron chi connectivity index (χ4n) is 3.08. The second kappa shape index (κ2) is 7.23. The first-order valence-electron chi connectivity index (χ1n) is 8.13. The molecule has 2 heterocycles. The Morgan fingerprint density at radius 1 is 1.30 bits per heavy atom. The highest BCUT2D eigenvalue weighted by Crippen LogP contribution is 2.23. The summed E-state index contributed by atoms with van der Waals surface area (Å²) < 4.78 is 0. The van der Waals surface area contributed by atoms with Crippen LogP contribution in [-0.4, -0.2) is 40.1 Å². The van der Waals surface area contributed by atoms with Crippen LogP contribution in [0.3, 0.4) is 0 Å². The fourth-order valence-corrected chi connectivity index (χ4v) is 3.70. The summed E-state index contributed by atoms with van der Waals surface area (Å²) in [5, 5.41) is 12.6. The number of aliphatic hydroxyl groups excluding tert-OH is 1. The number of aliphatic hydroxyl groups is 1. The summed E-state index contributed by atoms with van der Waals surface area (Å²) in [4.78, 5) is 19.1. The van der Waals surface area contributed by atoms with Crippen LogP contribution in [0.1, 0.15) is 41.0 Å². The Hall–Kier alpha value is -1.72. The van der Waals surface area contributed by atoms with Crippen LogP contribution in [0.25, 0.3) is 11.3 Å². The van der Waals surface area contributed by atoms with Crippen molar-refractivity contribution in [1.29, 1.82) is 0 Å². The molecule has 3 rings (SSSR count). The Morgan fingerprint density at radius 3 is 2.74 bits per heavy atom. The third-order valence-corrected chi connectivity index (χ3v) is 5.17. The average molecular weight is 330 g/mol. The molecule has 1 atom stereocenters. The SMILES string of the molecule is Cc1nc(-c2ccc(C(=O)N3CCCCCC3CO)cc2)cs1. The van der Waals surface area contributed by atoms with Crippen LogP contribution < -0.4 is 0 Å². The lowest BCUT2D eigenvalue weighted by atomic mass is 10.1. The molecule has 1 fully saturated rings. The van der Waals surface area contributed by atoms with Crippen LogP contribution in [0.5, 0.6) is 0 Å². The normalized spacial score (nSPS) is 18.7. The zero-order valence-electron chi connectivity index (χ0n) is 13.4. The van der Waals surface area contributed by atoms with E-state index in [0.29, 0.717) is 5.56 Å². The van der Waals surface area contributed by atoms with Gasteiger partial charge in [0.1, 0.15) is 0 Å². The van der Waals surface area contributed by atoms with Crippen molar-refractivity contribution in [2.24, 2.45) is 0 Å². The molecule has 0 radical (unpaired) electrons. The Morgan fingerprint density at radius 2 is 2.09 bits per heavy atom. The van der Waals surface area contributed by atoms with Gasteiger partial charge in [-0.2, -0.15) is 0 Å². The third-order valence-electron chi connectivity index (χ3n) is 4.40. The second-order valence-electron chi connectivity index (χ2n) is 6.01. The van der Waals surface area contributed by atoms with Gasteiger partial charge in [-0.25, -0.2) is 4.98 Å². The van der Waals surface area contributed by atoms with Crippen molar-refractivity contribution in [3.63, 3.8) is 0 Å². The zero-order valence-corrected chi connectivity index (χ0v) is 14.2. The Bertz CT molecular complexity index is 666. The van der Waals surface area contributed by atoms with Crippen LogP contribution in [0.4, 0.5) is 0 Å². The number of carbonyl (C=O) groups is 1. The van der Waals surface area contributed by atoms with Gasteiger partial charge < -0.3 is 10.0 Å². The van der Waals surface area contributed by atoms with Gasteiger partial charge in [0.25, 0.3) is 5.91 Å². The molecule has 0 saturated carbocycles. The van der Waals surface area contributed by atoms with Gasteiger partial charge in [0.15, 0.2) is 0 Å². The lowest BCUT2D eigenvalue weighted by molar-refractivity contribution is 0.0600. The van der Waals surface area contributed by atoms with E-state index in [0.717, 1.165) is 48.5 Å². The molecule has 1 aromatic carbocycles. The lowest BCUT2D eigenvalue weighted by Gasteiger charge is -2.28. The minimum Gasteiger partial charge on any atom is -0.394 e. The van der Waals surface area contributed by atoms with E-state index in [9.17, 15) is 9.90 Å². The van der Waals surface area contributed by atoms with Crippen LogP contribution in [0.2, 0.25) is 0 Å². The van der Waals surface area contributed by atoms with E-state index in [4.69, 9.17) is 0 Å². The molecule has 4 nitrogen and oxygen atoms in total. The molecular formula is C18H22N2O2S. The maximum absolute atomic E-state index is 12.8. The zero-order chi connectivity index (χ0) is 16.2. The van der Waals surface area contributed by atoms with Crippen molar-refractivity contribution < 1.29 is 9.90 Å². The lowest BCUT2D eigenvalue weighted by Crippen LogP contribution is -2.42. The Kier molecular flexibility index (Phi) is 5.08. The molecule has 1 N–H and O–H groups in total. The Balaban J connectivity index is 1.79. The topological polar surface area (TPSA) is 53.4 Å². The van der Waals surface area contributed by atoms with Gasteiger partial charge in [0.05, 0.1) is 23.4 Å². The largest absolute Gasteiger partial charge is 0.394 e. The summed E-state index contributed by atoms with van der Waals surface area (Å²) in [6.45, 7) is 2.76. The highest BCUT2D eigenvalue weighted by atomic mass is 32.1. The Labute approximate surface area is 140 Å². The first-order valence-corrected chi connectivity index (χ1v) is 9.01. The number of amides is 1. The van der Waals surface area contributed by atoms with Crippen LogP contribution in [0, 0.1) is 6.92 Å². The maximum atomic E-state index is 12.8. The van der Waals surface area contributed by atoms with Crippen molar-refractivity contribution in [3.05, 3.63) is 40.2 Å². The summed E-state index contributed by atoms with van der Waals surface area (Å²) >= 11 is 1.62. The summed E-state index contributed by atoms with van der Waals surface area (Å²) in [6, 6.07) is 7.59. The van der Waals surface area contributed by atoms with Crippen molar-refractivity contribution in [1.82, 2.24) is 9.88 Å². The number of hydrogen-bond donors (Lipinski definition) is 1. The summed E-state index contributed by atoms with van der Waals surface area (Å²) in [5.41, 5.74) is 2.66. The van der Waals surface area contributed by atoms with E-state index in [-0.39, 0.29) is 18.6 Å². The van der Waals surface area contributed by atoms with Crippen molar-refractivity contribution >= 4 is 17.2 Å². The number of thiazole rings is 1. The number of hydrogen-bond acceptors (Lipinski definition) is 4. The molecular weight excluding hydrogens is 308 g/mol. The molecule has 1 aliphatic heterocycles. The molecule has 1 saturated heterocycles. The van der Waals surface area contributed by atoms with Crippen LogP contribution in [0.15, 0.2) is 29.6 Å². The quantitative estimate of drug-likeness (QED) is 0.937. The molecule has 1 amide bonds. The van der Waals surface area contributed by atoms with Crippen molar-refractivity contribution in [2.45, 2.75) is 38.6 Å². The molecule has 2 aromatic rings. The van der Waals surface area contributed by atoms with Gasteiger partial charge in [-0.1, -0.05) is 25.0 Å². The van der Waals surface area contributed by atoms with Gasteiger partial charge in [-0.15, -0.1) is 11.3 Å². The number of aromatic nitrogens is 1. The number of carbonyl (C=O) groups excluding carboxylic acids is 1. The standard InChI is InChI=1S/C18H22N2O2S/c1-13-19-17(12-23-13)14-6-8-15(9-7-14)18(22)20-10-4-2-3-5-16(20)11-21/h6-9,12,16,21H,2-5,10-11H2,1H3. The molecule has 1 aromatic heterocycles. The molecule has 0 bridgehead atoms. The monoisotopic (exact) mass is 330 g/mol. The molecule has 122 valence electrons. The number of nitrogens with zero attached hydrogens (tertiary/aromatic N) is 2. The maximum Gasteiger partial charge on any atom is 0.254 e. The molecule has 23 heavy (non-hydrogen) atoms. The highest BCUT2D eigenvalue weighted by Gasteiger charge is 2.25. The molecule has 0 aliphatic carbocycles.